The molecule has 0 spiro atoms. The monoisotopic (exact) mass is 579 g/mol. The number of hydrogen-bond donors (Lipinski definition) is 5. The van der Waals surface area contributed by atoms with Crippen molar-refractivity contribution in [3.8, 4) is 0 Å². The van der Waals surface area contributed by atoms with E-state index in [0.717, 1.165) is 88.1 Å². The van der Waals surface area contributed by atoms with Crippen LogP contribution < -0.4 is 21.3 Å². The smallest absolute Gasteiger partial charge is 0.326 e. The van der Waals surface area contributed by atoms with Crippen LogP contribution in [0, 0.1) is 17.8 Å². The predicted octanol–water partition coefficient (Wildman–Crippen LogP) is 3.25. The Balaban J connectivity index is 1.07. The molecule has 0 unspecified atom stereocenters. The second kappa shape index (κ2) is 16.4. The summed E-state index contributed by atoms with van der Waals surface area (Å²) in [6.07, 6.45) is 15.5. The first-order valence-corrected chi connectivity index (χ1v) is 17.7. The lowest BCUT2D eigenvalue weighted by molar-refractivity contribution is 0.256. The maximum absolute atomic E-state index is 11.2. The molecule has 40 heavy (non-hydrogen) atoms. The lowest BCUT2D eigenvalue weighted by atomic mass is 9.80. The summed E-state index contributed by atoms with van der Waals surface area (Å²) < 4.78 is 11.2. The SMILES string of the molecule is Nc1cc(N2CCN(CCP(=O)(O)O)CC2)nc(CCC2CCC(CNCCCNCC3CCCCC3)CC2)n1. The average Bonchev–Trinajstić information content (AvgIpc) is 2.95. The fraction of sp³-hybridized carbons (Fsp3) is 0.862. The number of hydrogen-bond acceptors (Lipinski definition) is 8. The third-order valence-corrected chi connectivity index (χ3v) is 10.0. The fourth-order valence-corrected chi connectivity index (χ4v) is 7.19. The zero-order valence-corrected chi connectivity index (χ0v) is 25.4. The summed E-state index contributed by atoms with van der Waals surface area (Å²) in [5.41, 5.74) is 6.15. The van der Waals surface area contributed by atoms with Crippen LogP contribution in [0.4, 0.5) is 11.6 Å². The van der Waals surface area contributed by atoms with Gasteiger partial charge in [0.15, 0.2) is 0 Å². The van der Waals surface area contributed by atoms with Gasteiger partial charge in [-0.25, -0.2) is 9.97 Å². The van der Waals surface area contributed by atoms with Gasteiger partial charge in [0.2, 0.25) is 0 Å². The molecule has 10 nitrogen and oxygen atoms in total. The van der Waals surface area contributed by atoms with Crippen LogP contribution in [0.3, 0.4) is 0 Å². The van der Waals surface area contributed by atoms with Crippen molar-refractivity contribution in [2.75, 3.05) is 75.7 Å². The summed E-state index contributed by atoms with van der Waals surface area (Å²) in [7, 11) is -3.95. The molecule has 1 aliphatic heterocycles. The van der Waals surface area contributed by atoms with Gasteiger partial charge in [-0.05, 0) is 82.5 Å². The van der Waals surface area contributed by atoms with Gasteiger partial charge in [-0.2, -0.15) is 0 Å². The van der Waals surface area contributed by atoms with Crippen LogP contribution in [0.2, 0.25) is 0 Å². The van der Waals surface area contributed by atoms with E-state index in [1.54, 1.807) is 0 Å². The fourth-order valence-electron chi connectivity index (χ4n) is 6.65. The predicted molar refractivity (Wildman–Crippen MR) is 163 cm³/mol. The minimum absolute atomic E-state index is 0.0892. The Morgan fingerprint density at radius 2 is 1.50 bits per heavy atom. The molecule has 2 aliphatic carbocycles. The average molecular weight is 580 g/mol. The molecule has 1 saturated heterocycles. The Hall–Kier alpha value is -1.29. The van der Waals surface area contributed by atoms with E-state index < -0.39 is 7.60 Å². The normalized spacial score (nSPS) is 23.5. The molecule has 0 amide bonds. The zero-order valence-electron chi connectivity index (χ0n) is 24.5. The first-order valence-electron chi connectivity index (χ1n) is 15.9. The Labute approximate surface area is 241 Å². The lowest BCUT2D eigenvalue weighted by Crippen LogP contribution is -2.47. The van der Waals surface area contributed by atoms with Gasteiger partial charge in [0.1, 0.15) is 17.5 Å². The van der Waals surface area contributed by atoms with Crippen LogP contribution in [0.1, 0.15) is 76.5 Å². The standard InChI is InChI=1S/C29H54N7O3P/c30-27-21-29(36-17-15-35(16-18-36)19-20-40(37,38)39)34-28(33-27)12-11-24-7-9-26(10-8-24)23-32-14-4-13-31-22-25-5-2-1-3-6-25/h21,24-26,31-32H,1-20,22-23H2,(H2,30,33,34)(H2,37,38,39). The molecule has 2 heterocycles. The number of nitrogens with one attached hydrogen (secondary N) is 2. The first kappa shape index (κ1) is 31.6. The summed E-state index contributed by atoms with van der Waals surface area (Å²) in [4.78, 5) is 31.9. The number of anilines is 2. The van der Waals surface area contributed by atoms with E-state index in [9.17, 15) is 4.57 Å². The highest BCUT2D eigenvalue weighted by Gasteiger charge is 2.23. The van der Waals surface area contributed by atoms with Crippen molar-refractivity contribution in [3.63, 3.8) is 0 Å². The molecule has 0 aromatic carbocycles. The summed E-state index contributed by atoms with van der Waals surface area (Å²) in [6.45, 7) is 8.11. The van der Waals surface area contributed by atoms with Crippen molar-refractivity contribution in [1.82, 2.24) is 25.5 Å². The molecule has 1 aromatic heterocycles. The molecule has 0 radical (unpaired) electrons. The van der Waals surface area contributed by atoms with Gasteiger partial charge in [-0.3, -0.25) is 9.46 Å². The largest absolute Gasteiger partial charge is 0.384 e. The highest BCUT2D eigenvalue weighted by Crippen LogP contribution is 2.34. The van der Waals surface area contributed by atoms with E-state index in [0.29, 0.717) is 12.4 Å². The van der Waals surface area contributed by atoms with Crippen molar-refractivity contribution in [2.24, 2.45) is 17.8 Å². The minimum Gasteiger partial charge on any atom is -0.384 e. The molecule has 11 heteroatoms. The van der Waals surface area contributed by atoms with Crippen LogP contribution in [0.5, 0.6) is 0 Å². The van der Waals surface area contributed by atoms with E-state index in [1.165, 1.54) is 70.8 Å². The van der Waals surface area contributed by atoms with E-state index in [1.807, 2.05) is 6.07 Å². The summed E-state index contributed by atoms with van der Waals surface area (Å²) >= 11 is 0. The number of aryl methyl sites for hydroxylation is 1. The van der Waals surface area contributed by atoms with Gasteiger partial charge < -0.3 is 31.1 Å². The van der Waals surface area contributed by atoms with Gasteiger partial charge in [-0.1, -0.05) is 32.1 Å². The molecular weight excluding hydrogens is 525 g/mol. The zero-order chi connectivity index (χ0) is 28.2. The molecule has 0 bridgehead atoms. The number of rotatable bonds is 15. The molecule has 228 valence electrons. The van der Waals surface area contributed by atoms with Crippen LogP contribution in [0.25, 0.3) is 0 Å². The minimum atomic E-state index is -3.95. The van der Waals surface area contributed by atoms with Crippen molar-refractivity contribution < 1.29 is 14.4 Å². The highest BCUT2D eigenvalue weighted by atomic mass is 31.2. The Morgan fingerprint density at radius 1 is 0.875 bits per heavy atom. The van der Waals surface area contributed by atoms with Gasteiger partial charge in [0, 0.05) is 45.2 Å². The third-order valence-electron chi connectivity index (χ3n) is 9.22. The van der Waals surface area contributed by atoms with Gasteiger partial charge in [-0.15, -0.1) is 0 Å². The topological polar surface area (TPSA) is 140 Å². The summed E-state index contributed by atoms with van der Waals surface area (Å²) in [5.74, 6) is 4.69. The van der Waals surface area contributed by atoms with E-state index in [2.05, 4.69) is 25.4 Å². The Morgan fingerprint density at radius 3 is 2.15 bits per heavy atom. The quantitative estimate of drug-likeness (QED) is 0.155. The second-order valence-electron chi connectivity index (χ2n) is 12.5. The highest BCUT2D eigenvalue weighted by molar-refractivity contribution is 7.51. The van der Waals surface area contributed by atoms with E-state index >= 15 is 0 Å². The number of nitrogens with zero attached hydrogens (tertiary/aromatic N) is 4. The molecule has 4 rings (SSSR count). The molecule has 1 aromatic rings. The van der Waals surface area contributed by atoms with Crippen molar-refractivity contribution in [1.29, 1.82) is 0 Å². The van der Waals surface area contributed by atoms with E-state index in [-0.39, 0.29) is 6.16 Å². The molecule has 6 N–H and O–H groups in total. The van der Waals surface area contributed by atoms with Crippen molar-refractivity contribution >= 4 is 19.2 Å². The number of nitrogens with two attached hydrogens (primary N) is 1. The Kier molecular flexibility index (Phi) is 13.0. The molecule has 2 saturated carbocycles. The van der Waals surface area contributed by atoms with Gasteiger partial charge in [0.05, 0.1) is 6.16 Å². The molecule has 3 aliphatic rings. The number of piperazine rings is 1. The van der Waals surface area contributed by atoms with Gasteiger partial charge in [0.25, 0.3) is 0 Å². The maximum Gasteiger partial charge on any atom is 0.326 e. The van der Waals surface area contributed by atoms with Crippen molar-refractivity contribution in [3.05, 3.63) is 11.9 Å². The third kappa shape index (κ3) is 11.5. The molecular formula is C29H54N7O3P. The van der Waals surface area contributed by atoms with Crippen LogP contribution in [0.15, 0.2) is 6.07 Å². The number of aromatic nitrogens is 2. The second-order valence-corrected chi connectivity index (χ2v) is 14.3. The first-order chi connectivity index (χ1) is 19.3. The van der Waals surface area contributed by atoms with Crippen LogP contribution in [-0.2, 0) is 11.0 Å². The number of nitrogen functional groups attached to an aromatic ring is 1. The maximum atomic E-state index is 11.2. The Bertz CT molecular complexity index is 911. The van der Waals surface area contributed by atoms with Crippen LogP contribution in [-0.4, -0.2) is 89.7 Å². The summed E-state index contributed by atoms with van der Waals surface area (Å²) in [6, 6.07) is 1.85. The lowest BCUT2D eigenvalue weighted by Gasteiger charge is -2.35. The summed E-state index contributed by atoms with van der Waals surface area (Å²) in [5, 5.41) is 7.39. The van der Waals surface area contributed by atoms with Crippen LogP contribution >= 0.6 is 7.60 Å². The molecule has 3 fully saturated rings. The molecule has 0 atom stereocenters. The van der Waals surface area contributed by atoms with E-state index in [4.69, 9.17) is 20.5 Å². The van der Waals surface area contributed by atoms with Crippen molar-refractivity contribution in [2.45, 2.75) is 77.0 Å². The van der Waals surface area contributed by atoms with Gasteiger partial charge >= 0.3 is 7.60 Å².